The second-order valence-corrected chi connectivity index (χ2v) is 4.15. The molecular formula is C14H21NO3. The first kappa shape index (κ1) is 14.5. The number of hydrogen-bond donors (Lipinski definition) is 1. The second kappa shape index (κ2) is 7.01. The zero-order chi connectivity index (χ0) is 13.5. The summed E-state index contributed by atoms with van der Waals surface area (Å²) in [6.45, 7) is 3.97. The summed E-state index contributed by atoms with van der Waals surface area (Å²) in [5, 5.41) is 3.26. The van der Waals surface area contributed by atoms with Crippen molar-refractivity contribution in [2.75, 3.05) is 14.2 Å². The maximum atomic E-state index is 11.5. The summed E-state index contributed by atoms with van der Waals surface area (Å²) in [4.78, 5) is 11.5. The lowest BCUT2D eigenvalue weighted by Gasteiger charge is -2.20. The van der Waals surface area contributed by atoms with Crippen LogP contribution >= 0.6 is 0 Å². The molecule has 0 aliphatic heterocycles. The first-order valence-corrected chi connectivity index (χ1v) is 6.10. The van der Waals surface area contributed by atoms with Crippen LogP contribution in [0.4, 0.5) is 0 Å². The molecule has 0 saturated heterocycles. The number of benzene rings is 1. The van der Waals surface area contributed by atoms with Crippen LogP contribution < -0.4 is 10.1 Å². The second-order valence-electron chi connectivity index (χ2n) is 4.15. The van der Waals surface area contributed by atoms with E-state index in [1.165, 1.54) is 7.11 Å². The topological polar surface area (TPSA) is 47.6 Å². The average Bonchev–Trinajstić information content (AvgIpc) is 2.43. The molecule has 0 aromatic heterocycles. The van der Waals surface area contributed by atoms with Crippen molar-refractivity contribution in [3.63, 3.8) is 0 Å². The Morgan fingerprint density at radius 1 is 1.28 bits per heavy atom. The molecule has 4 heteroatoms. The summed E-state index contributed by atoms with van der Waals surface area (Å²) < 4.78 is 9.87. The highest BCUT2D eigenvalue weighted by molar-refractivity contribution is 5.75. The highest BCUT2D eigenvalue weighted by Crippen LogP contribution is 2.18. The fraction of sp³-hybridized carbons (Fsp3) is 0.500. The lowest BCUT2D eigenvalue weighted by molar-refractivity contribution is -0.143. The molecule has 1 aromatic carbocycles. The Morgan fingerprint density at radius 2 is 1.89 bits per heavy atom. The van der Waals surface area contributed by atoms with E-state index in [1.807, 2.05) is 38.1 Å². The third kappa shape index (κ3) is 3.74. The van der Waals surface area contributed by atoms with Crippen LogP contribution in [0.5, 0.6) is 5.75 Å². The van der Waals surface area contributed by atoms with Crippen molar-refractivity contribution in [3.8, 4) is 5.75 Å². The molecule has 1 rings (SSSR count). The van der Waals surface area contributed by atoms with Crippen molar-refractivity contribution in [2.45, 2.75) is 32.4 Å². The molecule has 0 aliphatic carbocycles. The maximum Gasteiger partial charge on any atom is 0.322 e. The Kier molecular flexibility index (Phi) is 5.65. The minimum absolute atomic E-state index is 0.0833. The van der Waals surface area contributed by atoms with Gasteiger partial charge in [0.1, 0.15) is 11.8 Å². The Labute approximate surface area is 108 Å². The largest absolute Gasteiger partial charge is 0.497 e. The number of methoxy groups -OCH3 is 2. The zero-order valence-corrected chi connectivity index (χ0v) is 11.4. The van der Waals surface area contributed by atoms with E-state index in [1.54, 1.807) is 7.11 Å². The maximum absolute atomic E-state index is 11.5. The standard InChI is InChI=1S/C14H21NO3/c1-5-13(14(16)18-4)15-10(2)11-6-8-12(17-3)9-7-11/h6-10,13,15H,5H2,1-4H3. The minimum atomic E-state index is -0.271. The van der Waals surface area contributed by atoms with Crippen LogP contribution in [0.15, 0.2) is 24.3 Å². The van der Waals surface area contributed by atoms with Gasteiger partial charge in [0, 0.05) is 6.04 Å². The molecule has 2 unspecified atom stereocenters. The van der Waals surface area contributed by atoms with E-state index in [0.717, 1.165) is 11.3 Å². The van der Waals surface area contributed by atoms with Gasteiger partial charge in [-0.2, -0.15) is 0 Å². The highest BCUT2D eigenvalue weighted by Gasteiger charge is 2.19. The molecule has 0 radical (unpaired) electrons. The highest BCUT2D eigenvalue weighted by atomic mass is 16.5. The lowest BCUT2D eigenvalue weighted by Crippen LogP contribution is -2.38. The zero-order valence-electron chi connectivity index (χ0n) is 11.4. The Morgan fingerprint density at radius 3 is 2.33 bits per heavy atom. The van der Waals surface area contributed by atoms with Gasteiger partial charge in [-0.1, -0.05) is 19.1 Å². The van der Waals surface area contributed by atoms with Gasteiger partial charge in [-0.3, -0.25) is 10.1 Å². The predicted octanol–water partition coefficient (Wildman–Crippen LogP) is 2.30. The van der Waals surface area contributed by atoms with Crippen molar-refractivity contribution in [1.29, 1.82) is 0 Å². The van der Waals surface area contributed by atoms with E-state index in [4.69, 9.17) is 9.47 Å². The fourth-order valence-electron chi connectivity index (χ4n) is 1.79. The van der Waals surface area contributed by atoms with Gasteiger partial charge in [-0.05, 0) is 31.0 Å². The normalized spacial score (nSPS) is 13.8. The predicted molar refractivity (Wildman–Crippen MR) is 70.6 cm³/mol. The van der Waals surface area contributed by atoms with Crippen LogP contribution in [0.25, 0.3) is 0 Å². The Balaban J connectivity index is 2.68. The van der Waals surface area contributed by atoms with Crippen molar-refractivity contribution in [3.05, 3.63) is 29.8 Å². The SMILES string of the molecule is CCC(NC(C)c1ccc(OC)cc1)C(=O)OC. The number of nitrogens with one attached hydrogen (secondary N) is 1. The van der Waals surface area contributed by atoms with Gasteiger partial charge in [0.05, 0.1) is 14.2 Å². The van der Waals surface area contributed by atoms with E-state index in [0.29, 0.717) is 6.42 Å². The van der Waals surface area contributed by atoms with E-state index in [9.17, 15) is 4.79 Å². The van der Waals surface area contributed by atoms with Crippen LogP contribution in [-0.2, 0) is 9.53 Å². The third-order valence-electron chi connectivity index (χ3n) is 2.96. The van der Waals surface area contributed by atoms with Crippen LogP contribution in [0, 0.1) is 0 Å². The van der Waals surface area contributed by atoms with E-state index in [-0.39, 0.29) is 18.1 Å². The summed E-state index contributed by atoms with van der Waals surface area (Å²) in [5.74, 6) is 0.601. The molecule has 1 aromatic rings. The molecule has 0 heterocycles. The molecule has 0 fully saturated rings. The number of carbonyl (C=O) groups is 1. The van der Waals surface area contributed by atoms with Crippen LogP contribution in [0.1, 0.15) is 31.9 Å². The van der Waals surface area contributed by atoms with Crippen LogP contribution in [-0.4, -0.2) is 26.2 Å². The van der Waals surface area contributed by atoms with Crippen molar-refractivity contribution in [2.24, 2.45) is 0 Å². The van der Waals surface area contributed by atoms with E-state index >= 15 is 0 Å². The molecule has 1 N–H and O–H groups in total. The Bertz CT molecular complexity index is 375. The smallest absolute Gasteiger partial charge is 0.322 e. The van der Waals surface area contributed by atoms with Crippen LogP contribution in [0.3, 0.4) is 0 Å². The van der Waals surface area contributed by atoms with Gasteiger partial charge in [0.15, 0.2) is 0 Å². The molecule has 0 amide bonds. The van der Waals surface area contributed by atoms with Crippen molar-refractivity contribution < 1.29 is 14.3 Å². The molecular weight excluding hydrogens is 230 g/mol. The summed E-state index contributed by atoms with van der Waals surface area (Å²) in [6, 6.07) is 7.60. The number of carbonyl (C=O) groups excluding carboxylic acids is 1. The summed E-state index contributed by atoms with van der Waals surface area (Å²) in [5.41, 5.74) is 1.11. The van der Waals surface area contributed by atoms with E-state index in [2.05, 4.69) is 5.32 Å². The monoisotopic (exact) mass is 251 g/mol. The molecule has 0 aliphatic rings. The van der Waals surface area contributed by atoms with Gasteiger partial charge in [0.2, 0.25) is 0 Å². The third-order valence-corrected chi connectivity index (χ3v) is 2.96. The molecule has 0 saturated carbocycles. The first-order valence-electron chi connectivity index (χ1n) is 6.10. The molecule has 2 atom stereocenters. The molecule has 100 valence electrons. The minimum Gasteiger partial charge on any atom is -0.497 e. The number of rotatable bonds is 6. The first-order chi connectivity index (χ1) is 8.62. The summed E-state index contributed by atoms with van der Waals surface area (Å²) in [6.07, 6.45) is 0.702. The summed E-state index contributed by atoms with van der Waals surface area (Å²) in [7, 11) is 3.05. The molecule has 18 heavy (non-hydrogen) atoms. The molecule has 0 spiro atoms. The number of hydrogen-bond acceptors (Lipinski definition) is 4. The van der Waals surface area contributed by atoms with Gasteiger partial charge >= 0.3 is 5.97 Å². The van der Waals surface area contributed by atoms with Crippen molar-refractivity contribution in [1.82, 2.24) is 5.32 Å². The van der Waals surface area contributed by atoms with Gasteiger partial charge < -0.3 is 9.47 Å². The van der Waals surface area contributed by atoms with Crippen molar-refractivity contribution >= 4 is 5.97 Å². The van der Waals surface area contributed by atoms with Gasteiger partial charge in [-0.25, -0.2) is 0 Å². The quantitative estimate of drug-likeness (QED) is 0.788. The Hall–Kier alpha value is -1.55. The number of esters is 1. The molecule has 0 bridgehead atoms. The fourth-order valence-corrected chi connectivity index (χ4v) is 1.79. The van der Waals surface area contributed by atoms with Gasteiger partial charge in [0.25, 0.3) is 0 Å². The lowest BCUT2D eigenvalue weighted by atomic mass is 10.1. The average molecular weight is 251 g/mol. The molecule has 4 nitrogen and oxygen atoms in total. The van der Waals surface area contributed by atoms with E-state index < -0.39 is 0 Å². The van der Waals surface area contributed by atoms with Crippen LogP contribution in [0.2, 0.25) is 0 Å². The number of ether oxygens (including phenoxy) is 2. The summed E-state index contributed by atoms with van der Waals surface area (Å²) >= 11 is 0. The van der Waals surface area contributed by atoms with Gasteiger partial charge in [-0.15, -0.1) is 0 Å².